The number of amides is 3. The van der Waals surface area contributed by atoms with E-state index < -0.39 is 35.1 Å². The summed E-state index contributed by atoms with van der Waals surface area (Å²) < 4.78 is 5.39. The van der Waals surface area contributed by atoms with Gasteiger partial charge in [0.25, 0.3) is 0 Å². The highest BCUT2D eigenvalue weighted by Gasteiger charge is 2.39. The molecule has 1 atom stereocenters. The summed E-state index contributed by atoms with van der Waals surface area (Å²) in [6, 6.07) is 31.6. The van der Waals surface area contributed by atoms with Crippen molar-refractivity contribution in [1.29, 1.82) is 0 Å². The lowest BCUT2D eigenvalue weighted by molar-refractivity contribution is -0.129. The Hall–Kier alpha value is -5.31. The summed E-state index contributed by atoms with van der Waals surface area (Å²) in [6.45, 7) is 5.21. The molecular formula is C36H39N3O6. The SMILES string of the molecule is CC(C)(C)OC(=O)NC(CC(=O)NC(c1ccccc1)(c1ccccc1)c1ccccc1)C(=O)NCCc1ccc(O)cc1O. The molecule has 0 heterocycles. The van der Waals surface area contributed by atoms with Gasteiger partial charge in [0.05, 0.1) is 6.42 Å². The average molecular weight is 610 g/mol. The maximum atomic E-state index is 14.0. The first-order chi connectivity index (χ1) is 21.5. The van der Waals surface area contributed by atoms with E-state index in [0.717, 1.165) is 16.7 Å². The van der Waals surface area contributed by atoms with E-state index in [0.29, 0.717) is 5.56 Å². The normalized spacial score (nSPS) is 12.1. The van der Waals surface area contributed by atoms with E-state index in [1.165, 1.54) is 12.1 Å². The summed E-state index contributed by atoms with van der Waals surface area (Å²) in [5.41, 5.74) is 1.01. The molecule has 0 radical (unpaired) electrons. The Bertz CT molecular complexity index is 1490. The number of carbonyl (C=O) groups is 3. The molecule has 0 bridgehead atoms. The third-order valence-corrected chi connectivity index (χ3v) is 7.11. The largest absolute Gasteiger partial charge is 0.508 e. The zero-order valence-electron chi connectivity index (χ0n) is 25.6. The second kappa shape index (κ2) is 14.4. The molecule has 5 N–H and O–H groups in total. The number of carbonyl (C=O) groups excluding carboxylic acids is 3. The molecule has 234 valence electrons. The van der Waals surface area contributed by atoms with Crippen molar-refractivity contribution in [1.82, 2.24) is 16.0 Å². The van der Waals surface area contributed by atoms with Crippen molar-refractivity contribution < 1.29 is 29.3 Å². The van der Waals surface area contributed by atoms with Gasteiger partial charge in [-0.1, -0.05) is 97.1 Å². The van der Waals surface area contributed by atoms with Gasteiger partial charge in [0, 0.05) is 12.6 Å². The Morgan fingerprint density at radius 2 is 1.27 bits per heavy atom. The smallest absolute Gasteiger partial charge is 0.408 e. The van der Waals surface area contributed by atoms with Crippen LogP contribution in [0.15, 0.2) is 109 Å². The molecule has 0 aliphatic heterocycles. The Labute approximate surface area is 263 Å². The Morgan fingerprint density at radius 1 is 0.756 bits per heavy atom. The quantitative estimate of drug-likeness (QED) is 0.149. The van der Waals surface area contributed by atoms with Crippen LogP contribution in [0.1, 0.15) is 49.4 Å². The van der Waals surface area contributed by atoms with E-state index in [1.54, 1.807) is 26.8 Å². The van der Waals surface area contributed by atoms with Gasteiger partial charge in [-0.3, -0.25) is 9.59 Å². The molecule has 0 aliphatic carbocycles. The third kappa shape index (κ3) is 8.63. The maximum absolute atomic E-state index is 14.0. The van der Waals surface area contributed by atoms with Gasteiger partial charge >= 0.3 is 6.09 Å². The minimum Gasteiger partial charge on any atom is -0.508 e. The zero-order valence-corrected chi connectivity index (χ0v) is 25.6. The number of rotatable bonds is 11. The van der Waals surface area contributed by atoms with Crippen LogP contribution >= 0.6 is 0 Å². The molecule has 0 fully saturated rings. The standard InChI is InChI=1S/C36H39N3O6/c1-35(2,3)45-34(44)38-30(33(43)37-22-21-25-19-20-29(40)23-31(25)41)24-32(42)39-36(26-13-7-4-8-14-26,27-15-9-5-10-16-27)28-17-11-6-12-18-28/h4-20,23,30,40-41H,21-22,24H2,1-3H3,(H,37,43)(H,38,44)(H,39,42). The summed E-state index contributed by atoms with van der Waals surface area (Å²) in [5.74, 6) is -1.27. The van der Waals surface area contributed by atoms with Crippen LogP contribution in [0, 0.1) is 0 Å². The van der Waals surface area contributed by atoms with Crippen LogP contribution in [0.4, 0.5) is 4.79 Å². The second-order valence-corrected chi connectivity index (χ2v) is 11.7. The number of phenols is 2. The molecular weight excluding hydrogens is 570 g/mol. The van der Waals surface area contributed by atoms with Gasteiger partial charge in [-0.15, -0.1) is 0 Å². The van der Waals surface area contributed by atoms with Crippen molar-refractivity contribution in [3.8, 4) is 11.5 Å². The summed E-state index contributed by atoms with van der Waals surface area (Å²) in [4.78, 5) is 40.2. The molecule has 0 saturated carbocycles. The maximum Gasteiger partial charge on any atom is 0.408 e. The predicted molar refractivity (Wildman–Crippen MR) is 172 cm³/mol. The second-order valence-electron chi connectivity index (χ2n) is 11.7. The fourth-order valence-electron chi connectivity index (χ4n) is 5.09. The first kappa shape index (κ1) is 32.6. The fraction of sp³-hybridized carbons (Fsp3) is 0.250. The van der Waals surface area contributed by atoms with Crippen molar-refractivity contribution in [2.24, 2.45) is 0 Å². The lowest BCUT2D eigenvalue weighted by Gasteiger charge is -2.37. The van der Waals surface area contributed by atoms with Crippen molar-refractivity contribution in [3.05, 3.63) is 131 Å². The molecule has 0 aliphatic rings. The average Bonchev–Trinajstić information content (AvgIpc) is 3.01. The van der Waals surface area contributed by atoms with E-state index in [2.05, 4.69) is 16.0 Å². The molecule has 45 heavy (non-hydrogen) atoms. The molecule has 4 aromatic carbocycles. The Morgan fingerprint density at radius 3 is 1.73 bits per heavy atom. The summed E-state index contributed by atoms with van der Waals surface area (Å²) in [6.07, 6.45) is -0.973. The number of hydrogen-bond acceptors (Lipinski definition) is 6. The summed E-state index contributed by atoms with van der Waals surface area (Å²) >= 11 is 0. The molecule has 4 aromatic rings. The van der Waals surface area contributed by atoms with E-state index in [4.69, 9.17) is 4.74 Å². The molecule has 9 heteroatoms. The van der Waals surface area contributed by atoms with Gasteiger partial charge in [0.2, 0.25) is 11.8 Å². The highest BCUT2D eigenvalue weighted by molar-refractivity contribution is 5.91. The highest BCUT2D eigenvalue weighted by Crippen LogP contribution is 2.37. The van der Waals surface area contributed by atoms with Crippen LogP contribution in [-0.2, 0) is 26.3 Å². The molecule has 0 saturated heterocycles. The topological polar surface area (TPSA) is 137 Å². The molecule has 0 spiro atoms. The van der Waals surface area contributed by atoms with Crippen molar-refractivity contribution in [3.63, 3.8) is 0 Å². The fourth-order valence-corrected chi connectivity index (χ4v) is 5.09. The van der Waals surface area contributed by atoms with Gasteiger partial charge in [-0.25, -0.2) is 4.79 Å². The minimum atomic E-state index is -1.27. The summed E-state index contributed by atoms with van der Waals surface area (Å²) in [7, 11) is 0. The van der Waals surface area contributed by atoms with E-state index >= 15 is 0 Å². The van der Waals surface area contributed by atoms with Gasteiger partial charge in [-0.05, 0) is 55.5 Å². The van der Waals surface area contributed by atoms with Crippen molar-refractivity contribution in [2.75, 3.05) is 6.54 Å². The first-order valence-electron chi connectivity index (χ1n) is 14.7. The number of benzene rings is 4. The van der Waals surface area contributed by atoms with Gasteiger partial charge in [0.1, 0.15) is 28.7 Å². The molecule has 4 rings (SSSR count). The number of aromatic hydroxyl groups is 2. The Kier molecular flexibility index (Phi) is 10.5. The Balaban J connectivity index is 1.62. The van der Waals surface area contributed by atoms with E-state index in [9.17, 15) is 24.6 Å². The number of phenolic OH excluding ortho intramolecular Hbond substituents is 2. The van der Waals surface area contributed by atoms with Gasteiger partial charge in [0.15, 0.2) is 0 Å². The highest BCUT2D eigenvalue weighted by atomic mass is 16.6. The van der Waals surface area contributed by atoms with Crippen LogP contribution in [0.3, 0.4) is 0 Å². The van der Waals surface area contributed by atoms with Crippen molar-refractivity contribution in [2.45, 2.75) is 50.8 Å². The predicted octanol–water partition coefficient (Wildman–Crippen LogP) is 5.15. The van der Waals surface area contributed by atoms with Gasteiger partial charge < -0.3 is 30.9 Å². The lowest BCUT2D eigenvalue weighted by atomic mass is 9.77. The molecule has 3 amide bonds. The third-order valence-electron chi connectivity index (χ3n) is 7.11. The van der Waals surface area contributed by atoms with Crippen LogP contribution < -0.4 is 16.0 Å². The number of alkyl carbamates (subject to hydrolysis) is 1. The van der Waals surface area contributed by atoms with E-state index in [1.807, 2.05) is 91.0 Å². The van der Waals surface area contributed by atoms with Crippen LogP contribution in [0.25, 0.3) is 0 Å². The monoisotopic (exact) mass is 609 g/mol. The van der Waals surface area contributed by atoms with Crippen LogP contribution in [-0.4, -0.2) is 46.3 Å². The van der Waals surface area contributed by atoms with Crippen LogP contribution in [0.2, 0.25) is 0 Å². The number of hydrogen-bond donors (Lipinski definition) is 5. The first-order valence-corrected chi connectivity index (χ1v) is 14.7. The van der Waals surface area contributed by atoms with Crippen LogP contribution in [0.5, 0.6) is 11.5 Å². The molecule has 0 aromatic heterocycles. The summed E-state index contributed by atoms with van der Waals surface area (Å²) in [5, 5.41) is 28.2. The molecule has 9 nitrogen and oxygen atoms in total. The number of ether oxygens (including phenoxy) is 1. The zero-order chi connectivity index (χ0) is 32.5. The minimum absolute atomic E-state index is 0.0782. The number of nitrogens with one attached hydrogen (secondary N) is 3. The lowest BCUT2D eigenvalue weighted by Crippen LogP contribution is -2.53. The van der Waals surface area contributed by atoms with E-state index in [-0.39, 0.29) is 30.9 Å². The molecule has 1 unspecified atom stereocenters. The van der Waals surface area contributed by atoms with Gasteiger partial charge in [-0.2, -0.15) is 0 Å². The van der Waals surface area contributed by atoms with Crippen molar-refractivity contribution >= 4 is 17.9 Å².